The Morgan fingerprint density at radius 2 is 2.20 bits per heavy atom. The SMILES string of the molecule is CC(C)n1ccnc(NCC(C)(C)c2cccs2)c1=O. The summed E-state index contributed by atoms with van der Waals surface area (Å²) in [5, 5.41) is 5.27. The van der Waals surface area contributed by atoms with Gasteiger partial charge in [-0.15, -0.1) is 11.3 Å². The molecule has 0 aliphatic rings. The number of thiophene rings is 1. The molecule has 2 rings (SSSR count). The second-order valence-electron chi connectivity index (χ2n) is 5.80. The van der Waals surface area contributed by atoms with Crippen molar-refractivity contribution in [1.82, 2.24) is 9.55 Å². The quantitative estimate of drug-likeness (QED) is 0.919. The van der Waals surface area contributed by atoms with Gasteiger partial charge in [-0.1, -0.05) is 19.9 Å². The lowest BCUT2D eigenvalue weighted by Crippen LogP contribution is -2.31. The third-order valence-electron chi connectivity index (χ3n) is 3.31. The molecule has 0 aliphatic carbocycles. The first-order chi connectivity index (χ1) is 9.42. The Balaban J connectivity index is 2.16. The zero-order valence-corrected chi connectivity index (χ0v) is 13.2. The standard InChI is InChI=1S/C15H21N3OS/c1-11(2)18-8-7-16-13(14(18)19)17-10-15(3,4)12-6-5-9-20-12/h5-9,11H,10H2,1-4H3,(H,16,17). The normalized spacial score (nSPS) is 11.8. The third kappa shape index (κ3) is 3.10. The van der Waals surface area contributed by atoms with Crippen molar-refractivity contribution in [2.45, 2.75) is 39.2 Å². The molecule has 2 heterocycles. The van der Waals surface area contributed by atoms with E-state index in [-0.39, 0.29) is 17.0 Å². The van der Waals surface area contributed by atoms with Gasteiger partial charge in [-0.3, -0.25) is 4.79 Å². The maximum Gasteiger partial charge on any atom is 0.293 e. The van der Waals surface area contributed by atoms with E-state index >= 15 is 0 Å². The summed E-state index contributed by atoms with van der Waals surface area (Å²) in [4.78, 5) is 17.7. The van der Waals surface area contributed by atoms with Crippen molar-refractivity contribution >= 4 is 17.2 Å². The van der Waals surface area contributed by atoms with Crippen LogP contribution < -0.4 is 10.9 Å². The molecule has 20 heavy (non-hydrogen) atoms. The zero-order chi connectivity index (χ0) is 14.8. The van der Waals surface area contributed by atoms with Gasteiger partial charge in [0.05, 0.1) is 0 Å². The monoisotopic (exact) mass is 291 g/mol. The van der Waals surface area contributed by atoms with Crippen LogP contribution >= 0.6 is 11.3 Å². The predicted molar refractivity (Wildman–Crippen MR) is 84.7 cm³/mol. The summed E-state index contributed by atoms with van der Waals surface area (Å²) in [7, 11) is 0. The van der Waals surface area contributed by atoms with Gasteiger partial charge in [0, 0.05) is 35.3 Å². The lowest BCUT2D eigenvalue weighted by atomic mass is 9.91. The second-order valence-corrected chi connectivity index (χ2v) is 6.74. The van der Waals surface area contributed by atoms with E-state index in [0.717, 1.165) is 0 Å². The van der Waals surface area contributed by atoms with Crippen molar-refractivity contribution < 1.29 is 0 Å². The highest BCUT2D eigenvalue weighted by atomic mass is 32.1. The number of rotatable bonds is 5. The van der Waals surface area contributed by atoms with Gasteiger partial charge in [0.15, 0.2) is 5.82 Å². The molecule has 0 fully saturated rings. The summed E-state index contributed by atoms with van der Waals surface area (Å²) in [5.74, 6) is 0.422. The van der Waals surface area contributed by atoms with Crippen molar-refractivity contribution in [3.05, 3.63) is 45.1 Å². The van der Waals surface area contributed by atoms with E-state index in [1.807, 2.05) is 19.9 Å². The van der Waals surface area contributed by atoms with Crippen LogP contribution in [0, 0.1) is 0 Å². The number of aromatic nitrogens is 2. The Morgan fingerprint density at radius 3 is 2.80 bits per heavy atom. The number of nitrogens with one attached hydrogen (secondary N) is 1. The molecule has 1 N–H and O–H groups in total. The number of hydrogen-bond donors (Lipinski definition) is 1. The summed E-state index contributed by atoms with van der Waals surface area (Å²) in [6, 6.07) is 4.31. The summed E-state index contributed by atoms with van der Waals surface area (Å²) in [6.07, 6.45) is 3.39. The minimum absolute atomic E-state index is 0.0270. The van der Waals surface area contributed by atoms with E-state index in [1.54, 1.807) is 28.3 Å². The molecule has 0 saturated heterocycles. The number of nitrogens with zero attached hydrogens (tertiary/aromatic N) is 2. The van der Waals surface area contributed by atoms with E-state index in [2.05, 4.69) is 35.6 Å². The van der Waals surface area contributed by atoms with Crippen LogP contribution in [0.2, 0.25) is 0 Å². The van der Waals surface area contributed by atoms with Gasteiger partial charge in [-0.2, -0.15) is 0 Å². The maximum atomic E-state index is 12.3. The Kier molecular flexibility index (Phi) is 4.28. The molecule has 0 saturated carbocycles. The van der Waals surface area contributed by atoms with E-state index in [1.165, 1.54) is 4.88 Å². The molecule has 0 amide bonds. The van der Waals surface area contributed by atoms with Gasteiger partial charge in [0.25, 0.3) is 5.56 Å². The Morgan fingerprint density at radius 1 is 1.45 bits per heavy atom. The van der Waals surface area contributed by atoms with Crippen LogP contribution in [-0.2, 0) is 5.41 Å². The second kappa shape index (κ2) is 5.79. The van der Waals surface area contributed by atoms with E-state index in [9.17, 15) is 4.79 Å². The first-order valence-electron chi connectivity index (χ1n) is 6.77. The first kappa shape index (κ1) is 14.8. The smallest absolute Gasteiger partial charge is 0.293 e. The molecular weight excluding hydrogens is 270 g/mol. The van der Waals surface area contributed by atoms with Crippen molar-refractivity contribution in [3.63, 3.8) is 0 Å². The molecule has 0 radical (unpaired) electrons. The summed E-state index contributed by atoms with van der Waals surface area (Å²) < 4.78 is 1.69. The average molecular weight is 291 g/mol. The van der Waals surface area contributed by atoms with Gasteiger partial charge in [0.2, 0.25) is 0 Å². The molecule has 0 unspecified atom stereocenters. The third-order valence-corrected chi connectivity index (χ3v) is 4.55. The lowest BCUT2D eigenvalue weighted by molar-refractivity contribution is 0.558. The van der Waals surface area contributed by atoms with Gasteiger partial charge < -0.3 is 9.88 Å². The van der Waals surface area contributed by atoms with Crippen molar-refractivity contribution in [3.8, 4) is 0 Å². The fourth-order valence-corrected chi connectivity index (χ4v) is 2.86. The highest BCUT2D eigenvalue weighted by molar-refractivity contribution is 7.10. The largest absolute Gasteiger partial charge is 0.365 e. The topological polar surface area (TPSA) is 46.9 Å². The van der Waals surface area contributed by atoms with Crippen molar-refractivity contribution in [1.29, 1.82) is 0 Å². The molecule has 2 aromatic heterocycles. The van der Waals surface area contributed by atoms with Crippen LogP contribution in [0.15, 0.2) is 34.7 Å². The van der Waals surface area contributed by atoms with Crippen LogP contribution in [-0.4, -0.2) is 16.1 Å². The summed E-state index contributed by atoms with van der Waals surface area (Å²) in [6.45, 7) is 8.98. The first-order valence-corrected chi connectivity index (χ1v) is 7.65. The maximum absolute atomic E-state index is 12.3. The van der Waals surface area contributed by atoms with Gasteiger partial charge >= 0.3 is 0 Å². The van der Waals surface area contributed by atoms with Crippen molar-refractivity contribution in [2.75, 3.05) is 11.9 Å². The van der Waals surface area contributed by atoms with Crippen LogP contribution in [0.3, 0.4) is 0 Å². The predicted octanol–water partition coefficient (Wildman–Crippen LogP) is 3.28. The van der Waals surface area contributed by atoms with Gasteiger partial charge in [-0.25, -0.2) is 4.98 Å². The van der Waals surface area contributed by atoms with E-state index in [0.29, 0.717) is 12.4 Å². The minimum Gasteiger partial charge on any atom is -0.365 e. The molecule has 0 bridgehead atoms. The molecule has 4 nitrogen and oxygen atoms in total. The Labute approximate surface area is 123 Å². The van der Waals surface area contributed by atoms with E-state index in [4.69, 9.17) is 0 Å². The van der Waals surface area contributed by atoms with Gasteiger partial charge in [0.1, 0.15) is 0 Å². The summed E-state index contributed by atoms with van der Waals surface area (Å²) in [5.41, 5.74) is -0.0923. The fraction of sp³-hybridized carbons (Fsp3) is 0.467. The fourth-order valence-electron chi connectivity index (χ4n) is 2.01. The highest BCUT2D eigenvalue weighted by Crippen LogP contribution is 2.27. The lowest BCUT2D eigenvalue weighted by Gasteiger charge is -2.24. The highest BCUT2D eigenvalue weighted by Gasteiger charge is 2.22. The minimum atomic E-state index is -0.0653. The van der Waals surface area contributed by atoms with Crippen LogP contribution in [0.25, 0.3) is 0 Å². The Hall–Kier alpha value is -1.62. The Bertz CT molecular complexity index is 614. The molecule has 2 aromatic rings. The molecule has 0 spiro atoms. The van der Waals surface area contributed by atoms with Gasteiger partial charge in [-0.05, 0) is 25.3 Å². The average Bonchev–Trinajstić information content (AvgIpc) is 2.92. The molecule has 108 valence electrons. The summed E-state index contributed by atoms with van der Waals surface area (Å²) >= 11 is 1.73. The molecule has 5 heteroatoms. The zero-order valence-electron chi connectivity index (χ0n) is 12.4. The molecular formula is C15H21N3OS. The van der Waals surface area contributed by atoms with Crippen LogP contribution in [0.4, 0.5) is 5.82 Å². The van der Waals surface area contributed by atoms with Crippen LogP contribution in [0.1, 0.15) is 38.6 Å². The molecule has 0 aliphatic heterocycles. The molecule has 0 atom stereocenters. The molecule has 0 aromatic carbocycles. The van der Waals surface area contributed by atoms with E-state index < -0.39 is 0 Å². The van der Waals surface area contributed by atoms with Crippen LogP contribution in [0.5, 0.6) is 0 Å². The van der Waals surface area contributed by atoms with Crippen molar-refractivity contribution in [2.24, 2.45) is 0 Å². The number of hydrogen-bond acceptors (Lipinski definition) is 4. The number of anilines is 1.